The maximum Gasteiger partial charge on any atom is 0.245 e. The van der Waals surface area contributed by atoms with Crippen molar-refractivity contribution in [2.45, 2.75) is 13.8 Å². The van der Waals surface area contributed by atoms with Crippen molar-refractivity contribution < 1.29 is 0 Å². The van der Waals surface area contributed by atoms with Gasteiger partial charge >= 0.3 is 0 Å². The van der Waals surface area contributed by atoms with E-state index in [1.807, 2.05) is 24.6 Å². The molecule has 1 aromatic rings. The Hall–Kier alpha value is -2.50. The highest BCUT2D eigenvalue weighted by Crippen LogP contribution is 2.26. The van der Waals surface area contributed by atoms with Crippen molar-refractivity contribution in [2.24, 2.45) is 7.05 Å². The number of benzene rings is 1. The fraction of sp³-hybridized carbons (Fsp3) is 0.231. The molecule has 0 saturated heterocycles. The Kier molecular flexibility index (Phi) is 2.28. The molecule has 19 heavy (non-hydrogen) atoms. The van der Waals surface area contributed by atoms with Crippen LogP contribution in [-0.4, -0.2) is 19.5 Å². The fourth-order valence-electron chi connectivity index (χ4n) is 2.18. The second-order valence-electron chi connectivity index (χ2n) is 4.70. The highest BCUT2D eigenvalue weighted by Gasteiger charge is 2.16. The molecule has 1 aromatic carbocycles. The largest absolute Gasteiger partial charge is 0.382 e. The highest BCUT2D eigenvalue weighted by molar-refractivity contribution is 5.83. The average molecular weight is 254 g/mol. The van der Waals surface area contributed by atoms with E-state index in [9.17, 15) is 0 Å². The molecule has 0 amide bonds. The van der Waals surface area contributed by atoms with Crippen LogP contribution < -0.4 is 11.4 Å². The van der Waals surface area contributed by atoms with Crippen LogP contribution in [0.2, 0.25) is 0 Å². The minimum atomic E-state index is -0.0921. The average Bonchev–Trinajstić information content (AvgIpc) is 2.34. The number of hydrogen-bond acceptors (Lipinski definition) is 5. The quantitative estimate of drug-likeness (QED) is 0.588. The molecule has 0 saturated carbocycles. The zero-order valence-electron chi connectivity index (χ0n) is 11.0. The molecule has 6 heteroatoms. The summed E-state index contributed by atoms with van der Waals surface area (Å²) >= 11 is 0. The molecular formula is C13H14N6. The maximum absolute atomic E-state index is 7.56. The number of rotatable bonds is 0. The highest BCUT2D eigenvalue weighted by atomic mass is 15.1. The van der Waals surface area contributed by atoms with Gasteiger partial charge in [0.05, 0.1) is 11.0 Å². The fourth-order valence-corrected chi connectivity index (χ4v) is 2.18. The van der Waals surface area contributed by atoms with Crippen LogP contribution in [0.5, 0.6) is 0 Å². The summed E-state index contributed by atoms with van der Waals surface area (Å²) < 4.78 is 1.90. The standard InChI is InChI=1S/C13H14N6/c1-6-4-8-9(5-7(6)2)19(3)12-10(16-8)11(14)17-13(15)18-12/h4-5H,1-3H3,(H3,14,15,17). The van der Waals surface area contributed by atoms with Crippen LogP contribution in [0, 0.1) is 19.3 Å². The second-order valence-corrected chi connectivity index (χ2v) is 4.70. The molecule has 96 valence electrons. The third-order valence-corrected chi connectivity index (χ3v) is 3.39. The molecule has 0 bridgehead atoms. The topological polar surface area (TPSA) is 93.5 Å². The van der Waals surface area contributed by atoms with Gasteiger partial charge in [-0.2, -0.15) is 9.97 Å². The number of aromatic nitrogens is 4. The van der Waals surface area contributed by atoms with E-state index in [-0.39, 0.29) is 11.4 Å². The lowest BCUT2D eigenvalue weighted by molar-refractivity contribution is 0.861. The molecule has 0 atom stereocenters. The molecule has 0 radical (unpaired) electrons. The van der Waals surface area contributed by atoms with Crippen molar-refractivity contribution in [1.82, 2.24) is 19.5 Å². The number of fused-ring (bicyclic) bond motifs is 2. The number of nitrogens with two attached hydrogens (primary N) is 1. The van der Waals surface area contributed by atoms with Crippen LogP contribution in [0.3, 0.4) is 0 Å². The van der Waals surface area contributed by atoms with Crippen LogP contribution >= 0.6 is 0 Å². The molecule has 0 spiro atoms. The number of nitrogen functional groups attached to an aromatic ring is 1. The predicted molar refractivity (Wildman–Crippen MR) is 72.7 cm³/mol. The monoisotopic (exact) mass is 254 g/mol. The van der Waals surface area contributed by atoms with E-state index in [1.54, 1.807) is 0 Å². The summed E-state index contributed by atoms with van der Waals surface area (Å²) in [6.07, 6.45) is 0. The first-order chi connectivity index (χ1) is 8.97. The van der Waals surface area contributed by atoms with E-state index < -0.39 is 0 Å². The van der Waals surface area contributed by atoms with Gasteiger partial charge in [-0.25, -0.2) is 4.98 Å². The van der Waals surface area contributed by atoms with Crippen LogP contribution in [0.25, 0.3) is 22.6 Å². The van der Waals surface area contributed by atoms with E-state index in [1.165, 1.54) is 11.1 Å². The lowest BCUT2D eigenvalue weighted by Gasteiger charge is -2.15. The number of anilines is 1. The van der Waals surface area contributed by atoms with Gasteiger partial charge in [0.1, 0.15) is 5.69 Å². The minimum Gasteiger partial charge on any atom is -0.382 e. The molecule has 2 heterocycles. The zero-order chi connectivity index (χ0) is 13.7. The number of nitrogens with zero attached hydrogens (tertiary/aromatic N) is 4. The van der Waals surface area contributed by atoms with Gasteiger partial charge in [-0.3, -0.25) is 5.41 Å². The summed E-state index contributed by atoms with van der Waals surface area (Å²) in [6.45, 7) is 4.11. The number of nitrogens with one attached hydrogen (secondary N) is 1. The summed E-state index contributed by atoms with van der Waals surface area (Å²) in [6, 6.07) is 4.09. The normalized spacial score (nSPS) is 11.3. The molecule has 0 fully saturated rings. The van der Waals surface area contributed by atoms with Crippen LogP contribution in [0.4, 0.5) is 5.82 Å². The summed E-state index contributed by atoms with van der Waals surface area (Å²) in [5.74, 6) is 0.819. The zero-order valence-corrected chi connectivity index (χ0v) is 11.0. The first-order valence-electron chi connectivity index (χ1n) is 5.93. The van der Waals surface area contributed by atoms with Gasteiger partial charge in [-0.15, -0.1) is 0 Å². The third-order valence-electron chi connectivity index (χ3n) is 3.39. The summed E-state index contributed by atoms with van der Waals surface area (Å²) in [4.78, 5) is 12.5. The first kappa shape index (κ1) is 11.6. The summed E-state index contributed by atoms with van der Waals surface area (Å²) in [5, 5.41) is 7.56. The molecule has 6 nitrogen and oxygen atoms in total. The smallest absolute Gasteiger partial charge is 0.245 e. The van der Waals surface area contributed by atoms with E-state index in [2.05, 4.69) is 27.9 Å². The van der Waals surface area contributed by atoms with Crippen LogP contribution in [0.1, 0.15) is 11.1 Å². The van der Waals surface area contributed by atoms with Crippen molar-refractivity contribution in [2.75, 3.05) is 5.73 Å². The minimum absolute atomic E-state index is 0.0921. The Bertz CT molecular complexity index is 833. The Labute approximate surface area is 109 Å². The van der Waals surface area contributed by atoms with Crippen molar-refractivity contribution in [3.63, 3.8) is 0 Å². The molecule has 3 rings (SSSR count). The van der Waals surface area contributed by atoms with Gasteiger partial charge in [0, 0.05) is 7.05 Å². The van der Waals surface area contributed by atoms with Gasteiger partial charge < -0.3 is 10.3 Å². The summed E-state index contributed by atoms with van der Waals surface area (Å²) in [7, 11) is 1.90. The van der Waals surface area contributed by atoms with Crippen molar-refractivity contribution in [3.05, 3.63) is 28.9 Å². The van der Waals surface area contributed by atoms with E-state index in [0.29, 0.717) is 11.5 Å². The van der Waals surface area contributed by atoms with Gasteiger partial charge in [-0.05, 0) is 37.1 Å². The first-order valence-corrected chi connectivity index (χ1v) is 5.93. The van der Waals surface area contributed by atoms with Crippen LogP contribution in [-0.2, 0) is 7.05 Å². The van der Waals surface area contributed by atoms with Crippen molar-refractivity contribution in [3.8, 4) is 11.5 Å². The number of hydrogen-bond donors (Lipinski definition) is 2. The Morgan fingerprint density at radius 1 is 1.11 bits per heavy atom. The van der Waals surface area contributed by atoms with Gasteiger partial charge in [0.25, 0.3) is 0 Å². The summed E-state index contributed by atoms with van der Waals surface area (Å²) in [5.41, 5.74) is 10.5. The van der Waals surface area contributed by atoms with Crippen molar-refractivity contribution in [1.29, 1.82) is 5.41 Å². The Morgan fingerprint density at radius 3 is 2.53 bits per heavy atom. The van der Waals surface area contributed by atoms with E-state index >= 15 is 0 Å². The molecule has 0 aromatic heterocycles. The molecule has 0 aliphatic carbocycles. The third kappa shape index (κ3) is 1.64. The molecule has 2 aliphatic rings. The maximum atomic E-state index is 7.56. The molecular weight excluding hydrogens is 240 g/mol. The van der Waals surface area contributed by atoms with E-state index in [0.717, 1.165) is 11.0 Å². The van der Waals surface area contributed by atoms with Gasteiger partial charge in [-0.1, -0.05) is 0 Å². The molecule has 0 unspecified atom stereocenters. The van der Waals surface area contributed by atoms with Gasteiger partial charge in [0.2, 0.25) is 5.62 Å². The number of aryl methyl sites for hydroxylation is 3. The lowest BCUT2D eigenvalue weighted by Crippen LogP contribution is -2.20. The molecule has 3 N–H and O–H groups in total. The van der Waals surface area contributed by atoms with Crippen LogP contribution in [0.15, 0.2) is 12.1 Å². The SMILES string of the molecule is Cc1cc2nc3c(N)nc(=N)nc-3n(C)c2cc1C. The van der Waals surface area contributed by atoms with Gasteiger partial charge in [0.15, 0.2) is 11.6 Å². The Balaban J connectivity index is 2.56. The van der Waals surface area contributed by atoms with Crippen molar-refractivity contribution >= 4 is 16.9 Å². The second kappa shape index (κ2) is 3.74. The Morgan fingerprint density at radius 2 is 1.79 bits per heavy atom. The van der Waals surface area contributed by atoms with E-state index in [4.69, 9.17) is 11.1 Å². The molecule has 2 aliphatic heterocycles. The lowest BCUT2D eigenvalue weighted by atomic mass is 10.1. The predicted octanol–water partition coefficient (Wildman–Crippen LogP) is 1.15.